The van der Waals surface area contributed by atoms with E-state index >= 15 is 0 Å². The molecule has 0 radical (unpaired) electrons. The summed E-state index contributed by atoms with van der Waals surface area (Å²) in [6.45, 7) is 0.0226. The maximum atomic E-state index is 11.6. The molecule has 0 bridgehead atoms. The number of carboxylic acids is 1. The maximum absolute atomic E-state index is 11.6. The predicted octanol–water partition coefficient (Wildman–Crippen LogP) is 3.08. The van der Waals surface area contributed by atoms with Gasteiger partial charge in [-0.2, -0.15) is 0 Å². The number of aliphatic hydroxyl groups excluding tert-OH is 1. The van der Waals surface area contributed by atoms with Crippen LogP contribution in [0.4, 0.5) is 0 Å². The highest BCUT2D eigenvalue weighted by Crippen LogP contribution is 2.50. The molecule has 0 spiro atoms. The van der Waals surface area contributed by atoms with Gasteiger partial charge in [0.2, 0.25) is 0 Å². The molecule has 4 atom stereocenters. The molecule has 2 N–H and O–H groups in total. The standard InChI is InChI=1S/C21H20O5/c22-11-18-16(9-19-17(18)10-20(23)26-19)15-4-2-1-3-14(15)12-5-7-13(8-6-12)21(24)25/h1-8,16-19,22H,9-11H2,(H,24,25)/t16-,17+,18-,19-/m0/s1. The van der Waals surface area contributed by atoms with Crippen molar-refractivity contribution in [2.75, 3.05) is 6.61 Å². The van der Waals surface area contributed by atoms with Crippen molar-refractivity contribution in [3.05, 3.63) is 59.7 Å². The van der Waals surface area contributed by atoms with E-state index in [0.29, 0.717) is 12.8 Å². The first kappa shape index (κ1) is 16.8. The van der Waals surface area contributed by atoms with E-state index in [0.717, 1.165) is 16.7 Å². The van der Waals surface area contributed by atoms with Crippen LogP contribution in [0.25, 0.3) is 11.1 Å². The van der Waals surface area contributed by atoms with Crippen molar-refractivity contribution in [1.29, 1.82) is 0 Å². The molecule has 2 fully saturated rings. The number of esters is 1. The van der Waals surface area contributed by atoms with Crippen LogP contribution >= 0.6 is 0 Å². The van der Waals surface area contributed by atoms with Crippen LogP contribution < -0.4 is 0 Å². The first-order valence-electron chi connectivity index (χ1n) is 8.81. The van der Waals surface area contributed by atoms with Gasteiger partial charge in [0.1, 0.15) is 6.10 Å². The first-order valence-corrected chi connectivity index (χ1v) is 8.81. The molecule has 1 saturated heterocycles. The van der Waals surface area contributed by atoms with Gasteiger partial charge in [0, 0.05) is 12.5 Å². The highest BCUT2D eigenvalue weighted by atomic mass is 16.6. The van der Waals surface area contributed by atoms with E-state index in [1.807, 2.05) is 30.3 Å². The summed E-state index contributed by atoms with van der Waals surface area (Å²) in [5, 5.41) is 19.0. The van der Waals surface area contributed by atoms with E-state index in [4.69, 9.17) is 9.84 Å². The summed E-state index contributed by atoms with van der Waals surface area (Å²) in [5.41, 5.74) is 3.33. The van der Waals surface area contributed by atoms with Gasteiger partial charge in [0.15, 0.2) is 0 Å². The van der Waals surface area contributed by atoms with Gasteiger partial charge in [0.05, 0.1) is 12.0 Å². The Morgan fingerprint density at radius 3 is 2.54 bits per heavy atom. The van der Waals surface area contributed by atoms with Gasteiger partial charge in [-0.25, -0.2) is 4.79 Å². The lowest BCUT2D eigenvalue weighted by atomic mass is 9.81. The number of carbonyl (C=O) groups excluding carboxylic acids is 1. The van der Waals surface area contributed by atoms with Crippen molar-refractivity contribution in [1.82, 2.24) is 0 Å². The topological polar surface area (TPSA) is 83.8 Å². The van der Waals surface area contributed by atoms with E-state index in [9.17, 15) is 14.7 Å². The van der Waals surface area contributed by atoms with E-state index in [1.165, 1.54) is 0 Å². The molecule has 2 aliphatic rings. The number of benzene rings is 2. The molecule has 0 unspecified atom stereocenters. The van der Waals surface area contributed by atoms with Gasteiger partial charge < -0.3 is 14.9 Å². The second kappa shape index (κ2) is 6.57. The van der Waals surface area contributed by atoms with E-state index in [1.54, 1.807) is 12.1 Å². The highest BCUT2D eigenvalue weighted by molar-refractivity contribution is 5.88. The first-order chi connectivity index (χ1) is 12.6. The van der Waals surface area contributed by atoms with Crippen molar-refractivity contribution < 1.29 is 24.5 Å². The van der Waals surface area contributed by atoms with Crippen LogP contribution in [0.1, 0.15) is 34.7 Å². The number of hydrogen-bond acceptors (Lipinski definition) is 4. The minimum atomic E-state index is -0.949. The fourth-order valence-electron chi connectivity index (χ4n) is 4.50. The van der Waals surface area contributed by atoms with Crippen LogP contribution in [0.5, 0.6) is 0 Å². The Balaban J connectivity index is 1.70. The van der Waals surface area contributed by atoms with E-state index < -0.39 is 5.97 Å². The third kappa shape index (κ3) is 2.78. The summed E-state index contributed by atoms with van der Waals surface area (Å²) >= 11 is 0. The Morgan fingerprint density at radius 2 is 1.85 bits per heavy atom. The zero-order valence-corrected chi connectivity index (χ0v) is 14.2. The zero-order chi connectivity index (χ0) is 18.3. The number of aliphatic hydroxyl groups is 1. The molecule has 1 aliphatic heterocycles. The van der Waals surface area contributed by atoms with Gasteiger partial charge >= 0.3 is 11.9 Å². The highest BCUT2D eigenvalue weighted by Gasteiger charge is 2.50. The summed E-state index contributed by atoms with van der Waals surface area (Å²) < 4.78 is 5.44. The maximum Gasteiger partial charge on any atom is 0.335 e. The molecule has 2 aromatic carbocycles. The lowest BCUT2D eigenvalue weighted by Crippen LogP contribution is -2.20. The van der Waals surface area contributed by atoms with E-state index in [-0.39, 0.29) is 42.0 Å². The molecule has 134 valence electrons. The molecule has 5 heteroatoms. The predicted molar refractivity (Wildman–Crippen MR) is 94.8 cm³/mol. The average Bonchev–Trinajstić information content (AvgIpc) is 3.17. The zero-order valence-electron chi connectivity index (χ0n) is 14.2. The summed E-state index contributed by atoms with van der Waals surface area (Å²) in [6, 6.07) is 14.8. The van der Waals surface area contributed by atoms with Gasteiger partial charge in [-0.1, -0.05) is 36.4 Å². The third-order valence-electron chi connectivity index (χ3n) is 5.73. The largest absolute Gasteiger partial charge is 0.478 e. The molecular formula is C21H20O5. The van der Waals surface area contributed by atoms with Crippen molar-refractivity contribution in [2.45, 2.75) is 24.9 Å². The number of rotatable bonds is 4. The average molecular weight is 352 g/mol. The number of aromatic carboxylic acids is 1. The number of fused-ring (bicyclic) bond motifs is 1. The van der Waals surface area contributed by atoms with Crippen LogP contribution in [0.3, 0.4) is 0 Å². The third-order valence-corrected chi connectivity index (χ3v) is 5.73. The summed E-state index contributed by atoms with van der Waals surface area (Å²) in [5.74, 6) is -0.950. The molecule has 4 rings (SSSR count). The van der Waals surface area contributed by atoms with Crippen molar-refractivity contribution in [2.24, 2.45) is 11.8 Å². The summed E-state index contributed by atoms with van der Waals surface area (Å²) in [4.78, 5) is 22.7. The molecule has 1 aliphatic carbocycles. The molecule has 2 aromatic rings. The van der Waals surface area contributed by atoms with E-state index in [2.05, 4.69) is 6.07 Å². The molecule has 0 amide bonds. The molecule has 5 nitrogen and oxygen atoms in total. The van der Waals surface area contributed by atoms with Crippen LogP contribution in [0.15, 0.2) is 48.5 Å². The Hall–Kier alpha value is -2.66. The lowest BCUT2D eigenvalue weighted by Gasteiger charge is -2.23. The molecule has 0 aromatic heterocycles. The number of carbonyl (C=O) groups is 2. The van der Waals surface area contributed by atoms with Crippen molar-refractivity contribution in [3.8, 4) is 11.1 Å². The number of carboxylic acid groups (broad SMARTS) is 1. The minimum Gasteiger partial charge on any atom is -0.478 e. The molecular weight excluding hydrogens is 332 g/mol. The van der Waals surface area contributed by atoms with Gasteiger partial charge in [-0.15, -0.1) is 0 Å². The fourth-order valence-corrected chi connectivity index (χ4v) is 4.50. The van der Waals surface area contributed by atoms with Crippen LogP contribution in [0, 0.1) is 11.8 Å². The normalized spacial score (nSPS) is 27.2. The monoisotopic (exact) mass is 352 g/mol. The fraction of sp³-hybridized carbons (Fsp3) is 0.333. The second-order valence-corrected chi connectivity index (χ2v) is 7.05. The van der Waals surface area contributed by atoms with Crippen LogP contribution in [0.2, 0.25) is 0 Å². The van der Waals surface area contributed by atoms with Gasteiger partial charge in [-0.05, 0) is 47.1 Å². The minimum absolute atomic E-state index is 0.00843. The molecule has 1 saturated carbocycles. The second-order valence-electron chi connectivity index (χ2n) is 7.05. The summed E-state index contributed by atoms with van der Waals surface area (Å²) in [6.07, 6.45) is 0.973. The Labute approximate surface area is 151 Å². The van der Waals surface area contributed by atoms with Crippen LogP contribution in [-0.4, -0.2) is 34.9 Å². The lowest BCUT2D eigenvalue weighted by molar-refractivity contribution is -0.141. The van der Waals surface area contributed by atoms with Crippen LogP contribution in [-0.2, 0) is 9.53 Å². The Bertz CT molecular complexity index is 842. The van der Waals surface area contributed by atoms with Gasteiger partial charge in [0.25, 0.3) is 0 Å². The molecule has 1 heterocycles. The Morgan fingerprint density at radius 1 is 1.12 bits per heavy atom. The van der Waals surface area contributed by atoms with Crippen molar-refractivity contribution >= 4 is 11.9 Å². The summed E-state index contributed by atoms with van der Waals surface area (Å²) in [7, 11) is 0. The SMILES string of the molecule is O=C1C[C@@H]2[C@@H](CO)[C@H](c3ccccc3-c3ccc(C(=O)O)cc3)C[C@@H]2O1. The number of ether oxygens (including phenoxy) is 1. The number of hydrogen-bond donors (Lipinski definition) is 2. The van der Waals surface area contributed by atoms with Crippen molar-refractivity contribution in [3.63, 3.8) is 0 Å². The molecule has 26 heavy (non-hydrogen) atoms. The quantitative estimate of drug-likeness (QED) is 0.826. The van der Waals surface area contributed by atoms with Gasteiger partial charge in [-0.3, -0.25) is 4.79 Å². The smallest absolute Gasteiger partial charge is 0.335 e. The Kier molecular flexibility index (Phi) is 4.24.